The van der Waals surface area contributed by atoms with Crippen molar-refractivity contribution in [3.05, 3.63) is 18.2 Å². The van der Waals surface area contributed by atoms with E-state index in [2.05, 4.69) is 23.7 Å². The van der Waals surface area contributed by atoms with Crippen LogP contribution in [0.4, 0.5) is 11.7 Å². The Hall–Kier alpha value is -1.71. The number of nitrogens with zero attached hydrogens (tertiary/aromatic N) is 2. The minimum absolute atomic E-state index is 0.121. The molecule has 1 aliphatic rings. The summed E-state index contributed by atoms with van der Waals surface area (Å²) in [7, 11) is 0. The lowest BCUT2D eigenvalue weighted by Gasteiger charge is -2.29. The van der Waals surface area contributed by atoms with Gasteiger partial charge in [-0.3, -0.25) is 0 Å². The molecular formula is C13H17N3O. The Balaban J connectivity index is 2.10. The van der Waals surface area contributed by atoms with Gasteiger partial charge in [0.25, 0.3) is 6.01 Å². The van der Waals surface area contributed by atoms with Crippen molar-refractivity contribution in [3.8, 4) is 0 Å². The highest BCUT2D eigenvalue weighted by Gasteiger charge is 2.35. The van der Waals surface area contributed by atoms with E-state index < -0.39 is 0 Å². The molecule has 0 spiro atoms. The number of anilines is 2. The topological polar surface area (TPSA) is 55.3 Å². The standard InChI is InChI=1S/C13H17N3O/c1-13(2)7-4-8-16(13)12-15-11-9(14)5-3-6-10(11)17-12/h3,5-6H,4,7-8,14H2,1-2H3. The summed E-state index contributed by atoms with van der Waals surface area (Å²) in [4.78, 5) is 6.75. The maximum Gasteiger partial charge on any atom is 0.298 e. The van der Waals surface area contributed by atoms with Crippen molar-refractivity contribution in [2.24, 2.45) is 0 Å². The molecular weight excluding hydrogens is 214 g/mol. The molecule has 0 bridgehead atoms. The largest absolute Gasteiger partial charge is 0.423 e. The van der Waals surface area contributed by atoms with Crippen molar-refractivity contribution >= 4 is 22.8 Å². The fraction of sp³-hybridized carbons (Fsp3) is 0.462. The maximum atomic E-state index is 5.89. The molecule has 1 fully saturated rings. The van der Waals surface area contributed by atoms with Crippen LogP contribution in [0.1, 0.15) is 26.7 Å². The first-order chi connectivity index (χ1) is 8.08. The SMILES string of the molecule is CC1(C)CCCN1c1nc2c(N)cccc2o1. The zero-order valence-electron chi connectivity index (χ0n) is 10.2. The van der Waals surface area contributed by atoms with E-state index in [0.29, 0.717) is 11.7 Å². The van der Waals surface area contributed by atoms with E-state index in [1.807, 2.05) is 18.2 Å². The minimum Gasteiger partial charge on any atom is -0.423 e. The Labute approximate surface area is 100 Å². The summed E-state index contributed by atoms with van der Waals surface area (Å²) in [5.74, 6) is 0. The van der Waals surface area contributed by atoms with Gasteiger partial charge in [-0.25, -0.2) is 0 Å². The number of hydrogen-bond donors (Lipinski definition) is 1. The second-order valence-corrected chi connectivity index (χ2v) is 5.26. The summed E-state index contributed by atoms with van der Waals surface area (Å²) in [6.07, 6.45) is 2.35. The molecule has 90 valence electrons. The number of rotatable bonds is 1. The lowest BCUT2D eigenvalue weighted by atomic mass is 10.0. The number of nitrogens with two attached hydrogens (primary N) is 1. The molecule has 4 heteroatoms. The van der Waals surface area contributed by atoms with Gasteiger partial charge in [-0.15, -0.1) is 0 Å². The second kappa shape index (κ2) is 3.39. The first-order valence-electron chi connectivity index (χ1n) is 6.01. The van der Waals surface area contributed by atoms with Gasteiger partial charge in [-0.1, -0.05) is 6.07 Å². The third-order valence-corrected chi connectivity index (χ3v) is 3.57. The van der Waals surface area contributed by atoms with Gasteiger partial charge < -0.3 is 15.1 Å². The molecule has 0 radical (unpaired) electrons. The van der Waals surface area contributed by atoms with Crippen molar-refractivity contribution in [2.45, 2.75) is 32.2 Å². The molecule has 2 aromatic rings. The van der Waals surface area contributed by atoms with Crippen LogP contribution in [-0.2, 0) is 0 Å². The molecule has 3 rings (SSSR count). The van der Waals surface area contributed by atoms with Crippen LogP contribution in [0.25, 0.3) is 11.1 Å². The van der Waals surface area contributed by atoms with E-state index in [1.165, 1.54) is 12.8 Å². The van der Waals surface area contributed by atoms with Crippen LogP contribution in [0.3, 0.4) is 0 Å². The molecule has 0 saturated carbocycles. The fourth-order valence-electron chi connectivity index (χ4n) is 2.54. The summed E-state index contributed by atoms with van der Waals surface area (Å²) < 4.78 is 5.80. The molecule has 1 saturated heterocycles. The third-order valence-electron chi connectivity index (χ3n) is 3.57. The number of benzene rings is 1. The smallest absolute Gasteiger partial charge is 0.298 e. The van der Waals surface area contributed by atoms with Crippen LogP contribution < -0.4 is 10.6 Å². The molecule has 0 atom stereocenters. The van der Waals surface area contributed by atoms with Crippen LogP contribution in [0.15, 0.2) is 22.6 Å². The molecule has 0 unspecified atom stereocenters. The number of hydrogen-bond acceptors (Lipinski definition) is 4. The summed E-state index contributed by atoms with van der Waals surface area (Å²) in [5, 5.41) is 0. The summed E-state index contributed by atoms with van der Waals surface area (Å²) in [5.41, 5.74) is 8.23. The Bertz CT molecular complexity index is 559. The highest BCUT2D eigenvalue weighted by Crippen LogP contribution is 2.35. The number of nitrogen functional groups attached to an aromatic ring is 1. The predicted octanol–water partition coefficient (Wildman–Crippen LogP) is 2.79. The average molecular weight is 231 g/mol. The van der Waals surface area contributed by atoms with Crippen molar-refractivity contribution < 1.29 is 4.42 Å². The first kappa shape index (κ1) is 10.4. The molecule has 2 heterocycles. The van der Waals surface area contributed by atoms with Crippen LogP contribution in [0, 0.1) is 0 Å². The van der Waals surface area contributed by atoms with E-state index in [0.717, 1.165) is 17.6 Å². The molecule has 2 N–H and O–H groups in total. The van der Waals surface area contributed by atoms with Crippen LogP contribution in [0.2, 0.25) is 0 Å². The van der Waals surface area contributed by atoms with Crippen LogP contribution in [-0.4, -0.2) is 17.1 Å². The van der Waals surface area contributed by atoms with Crippen molar-refractivity contribution in [3.63, 3.8) is 0 Å². The van der Waals surface area contributed by atoms with Gasteiger partial charge in [0, 0.05) is 12.1 Å². The Morgan fingerprint density at radius 1 is 1.41 bits per heavy atom. The van der Waals surface area contributed by atoms with Crippen molar-refractivity contribution in [1.82, 2.24) is 4.98 Å². The number of fused-ring (bicyclic) bond motifs is 1. The van der Waals surface area contributed by atoms with Crippen molar-refractivity contribution in [1.29, 1.82) is 0 Å². The maximum absolute atomic E-state index is 5.89. The van der Waals surface area contributed by atoms with Gasteiger partial charge in [0.15, 0.2) is 5.58 Å². The summed E-state index contributed by atoms with van der Waals surface area (Å²) in [6, 6.07) is 6.34. The number of aromatic nitrogens is 1. The molecule has 1 aromatic heterocycles. The van der Waals surface area contributed by atoms with Crippen LogP contribution in [0.5, 0.6) is 0 Å². The molecule has 17 heavy (non-hydrogen) atoms. The highest BCUT2D eigenvalue weighted by atomic mass is 16.4. The first-order valence-corrected chi connectivity index (χ1v) is 6.01. The quantitative estimate of drug-likeness (QED) is 0.767. The normalized spacial score (nSPS) is 19.1. The zero-order valence-corrected chi connectivity index (χ0v) is 10.2. The summed E-state index contributed by atoms with van der Waals surface area (Å²) in [6.45, 7) is 5.44. The predicted molar refractivity (Wildman–Crippen MR) is 69.1 cm³/mol. The van der Waals surface area contributed by atoms with Gasteiger partial charge in [-0.05, 0) is 38.8 Å². The molecule has 0 amide bonds. The highest BCUT2D eigenvalue weighted by molar-refractivity contribution is 5.86. The van der Waals surface area contributed by atoms with Gasteiger partial charge in [-0.2, -0.15) is 4.98 Å². The van der Waals surface area contributed by atoms with Crippen LogP contribution >= 0.6 is 0 Å². The summed E-state index contributed by atoms with van der Waals surface area (Å²) >= 11 is 0. The molecule has 4 nitrogen and oxygen atoms in total. The van der Waals surface area contributed by atoms with E-state index in [-0.39, 0.29) is 5.54 Å². The second-order valence-electron chi connectivity index (χ2n) is 5.26. The molecule has 1 aromatic carbocycles. The number of oxazole rings is 1. The zero-order chi connectivity index (χ0) is 12.0. The third kappa shape index (κ3) is 1.55. The average Bonchev–Trinajstić information content (AvgIpc) is 2.81. The van der Waals surface area contributed by atoms with E-state index >= 15 is 0 Å². The van der Waals surface area contributed by atoms with E-state index in [4.69, 9.17) is 10.2 Å². The van der Waals surface area contributed by atoms with E-state index in [9.17, 15) is 0 Å². The minimum atomic E-state index is 0.121. The lowest BCUT2D eigenvalue weighted by molar-refractivity contribution is 0.469. The van der Waals surface area contributed by atoms with E-state index in [1.54, 1.807) is 0 Å². The fourth-order valence-corrected chi connectivity index (χ4v) is 2.54. The lowest BCUT2D eigenvalue weighted by Crippen LogP contribution is -2.38. The van der Waals surface area contributed by atoms with Crippen molar-refractivity contribution in [2.75, 3.05) is 17.2 Å². The van der Waals surface area contributed by atoms with Gasteiger partial charge >= 0.3 is 0 Å². The molecule has 1 aliphatic heterocycles. The van der Waals surface area contributed by atoms with Gasteiger partial charge in [0.1, 0.15) is 5.52 Å². The number of para-hydroxylation sites is 1. The monoisotopic (exact) mass is 231 g/mol. The Kier molecular flexibility index (Phi) is 2.08. The Morgan fingerprint density at radius 2 is 2.24 bits per heavy atom. The Morgan fingerprint density at radius 3 is 2.88 bits per heavy atom. The molecule has 0 aliphatic carbocycles. The van der Waals surface area contributed by atoms with Gasteiger partial charge in [0.2, 0.25) is 0 Å². The van der Waals surface area contributed by atoms with Gasteiger partial charge in [0.05, 0.1) is 5.69 Å².